The summed E-state index contributed by atoms with van der Waals surface area (Å²) >= 11 is 0. The van der Waals surface area contributed by atoms with Crippen LogP contribution in [0.3, 0.4) is 0 Å². The molecule has 3 unspecified atom stereocenters. The number of hydrogen-bond acceptors (Lipinski definition) is 3. The van der Waals surface area contributed by atoms with E-state index < -0.39 is 0 Å². The fourth-order valence-corrected chi connectivity index (χ4v) is 4.00. The highest BCUT2D eigenvalue weighted by Crippen LogP contribution is 2.43. The molecule has 4 heteroatoms. The molecule has 3 aliphatic carbocycles. The number of ether oxygens (including phenoxy) is 1. The van der Waals surface area contributed by atoms with Crippen LogP contribution in [0.1, 0.15) is 44.9 Å². The molecule has 3 rings (SSSR count). The van der Waals surface area contributed by atoms with E-state index in [1.807, 2.05) is 0 Å². The Morgan fingerprint density at radius 1 is 1.19 bits per heavy atom. The summed E-state index contributed by atoms with van der Waals surface area (Å²) in [7, 11) is 0. The number of amides is 1. The molecule has 0 aromatic carbocycles. The van der Waals surface area contributed by atoms with Crippen LogP contribution < -0.4 is 11.1 Å². The Morgan fingerprint density at radius 3 is 2.67 bits per heavy atom. The van der Waals surface area contributed by atoms with Gasteiger partial charge < -0.3 is 15.8 Å². The molecule has 0 aromatic heterocycles. The van der Waals surface area contributed by atoms with E-state index in [0.29, 0.717) is 24.0 Å². The van der Waals surface area contributed by atoms with Crippen LogP contribution in [-0.2, 0) is 9.53 Å². The lowest BCUT2D eigenvalue weighted by Gasteiger charge is -2.26. The van der Waals surface area contributed by atoms with Crippen LogP contribution in [0.2, 0.25) is 0 Å². The third-order valence-corrected chi connectivity index (χ3v) is 5.31. The predicted octanol–water partition coefficient (Wildman–Crippen LogP) is 1.99. The fraction of sp³-hybridized carbons (Fsp3) is 0.824. The number of nitrogens with one attached hydrogen (secondary N) is 1. The second kappa shape index (κ2) is 6.93. The molecule has 0 radical (unpaired) electrons. The first-order valence-electron chi connectivity index (χ1n) is 8.55. The average molecular weight is 292 g/mol. The highest BCUT2D eigenvalue weighted by Gasteiger charge is 2.39. The van der Waals surface area contributed by atoms with E-state index in [-0.39, 0.29) is 11.8 Å². The van der Waals surface area contributed by atoms with Crippen LogP contribution >= 0.6 is 0 Å². The Hall–Kier alpha value is -0.870. The topological polar surface area (TPSA) is 64.3 Å². The van der Waals surface area contributed by atoms with Crippen molar-refractivity contribution in [3.63, 3.8) is 0 Å². The molecule has 1 amide bonds. The number of fused-ring (bicyclic) bond motifs is 2. The van der Waals surface area contributed by atoms with Crippen LogP contribution in [0.5, 0.6) is 0 Å². The summed E-state index contributed by atoms with van der Waals surface area (Å²) in [6, 6.07) is 0.375. The van der Waals surface area contributed by atoms with Gasteiger partial charge in [-0.3, -0.25) is 4.79 Å². The quantitative estimate of drug-likeness (QED) is 0.581. The predicted molar refractivity (Wildman–Crippen MR) is 82.7 cm³/mol. The van der Waals surface area contributed by atoms with Crippen molar-refractivity contribution < 1.29 is 9.53 Å². The molecule has 4 nitrogen and oxygen atoms in total. The van der Waals surface area contributed by atoms with Gasteiger partial charge in [-0.15, -0.1) is 0 Å². The van der Waals surface area contributed by atoms with Gasteiger partial charge in [0.25, 0.3) is 0 Å². The molecule has 3 aliphatic rings. The van der Waals surface area contributed by atoms with E-state index >= 15 is 0 Å². The molecule has 3 N–H and O–H groups in total. The molecule has 3 atom stereocenters. The van der Waals surface area contributed by atoms with Crippen molar-refractivity contribution in [1.29, 1.82) is 0 Å². The monoisotopic (exact) mass is 292 g/mol. The van der Waals surface area contributed by atoms with Gasteiger partial charge in [0.05, 0.1) is 6.10 Å². The maximum Gasteiger partial charge on any atom is 0.223 e. The summed E-state index contributed by atoms with van der Waals surface area (Å²) in [6.45, 7) is 1.49. The van der Waals surface area contributed by atoms with Crippen molar-refractivity contribution in [3.8, 4) is 0 Å². The third kappa shape index (κ3) is 3.86. The molecule has 2 saturated carbocycles. The normalized spacial score (nSPS) is 37.9. The molecule has 0 aromatic rings. The maximum absolute atomic E-state index is 12.1. The van der Waals surface area contributed by atoms with Crippen LogP contribution in [0.4, 0.5) is 0 Å². The zero-order valence-electron chi connectivity index (χ0n) is 12.8. The first kappa shape index (κ1) is 15.0. The van der Waals surface area contributed by atoms with Gasteiger partial charge in [0.1, 0.15) is 0 Å². The highest BCUT2D eigenvalue weighted by atomic mass is 16.5. The molecular weight excluding hydrogens is 264 g/mol. The average Bonchev–Trinajstić information content (AvgIpc) is 3.11. The van der Waals surface area contributed by atoms with Crippen LogP contribution in [0, 0.1) is 17.8 Å². The molecule has 2 fully saturated rings. The number of hydrogen-bond donors (Lipinski definition) is 2. The van der Waals surface area contributed by atoms with Gasteiger partial charge in [0, 0.05) is 25.1 Å². The van der Waals surface area contributed by atoms with E-state index in [1.165, 1.54) is 6.42 Å². The van der Waals surface area contributed by atoms with E-state index in [1.54, 1.807) is 0 Å². The fourth-order valence-electron chi connectivity index (χ4n) is 4.00. The lowest BCUT2D eigenvalue weighted by Crippen LogP contribution is -2.34. The van der Waals surface area contributed by atoms with Gasteiger partial charge in [-0.05, 0) is 56.8 Å². The minimum absolute atomic E-state index is 0.223. The number of allylic oxidation sites excluding steroid dienone is 2. The number of carbonyl (C=O) groups excluding carboxylic acids is 1. The largest absolute Gasteiger partial charge is 0.378 e. The maximum atomic E-state index is 12.1. The van der Waals surface area contributed by atoms with E-state index in [4.69, 9.17) is 10.5 Å². The van der Waals surface area contributed by atoms with E-state index in [2.05, 4.69) is 17.5 Å². The molecule has 2 bridgehead atoms. The smallest absolute Gasteiger partial charge is 0.223 e. The van der Waals surface area contributed by atoms with Crippen LogP contribution in [0.15, 0.2) is 12.2 Å². The van der Waals surface area contributed by atoms with Gasteiger partial charge in [-0.2, -0.15) is 0 Å². The molecule has 0 spiro atoms. The first-order chi connectivity index (χ1) is 10.2. The molecule has 21 heavy (non-hydrogen) atoms. The number of carbonyl (C=O) groups is 1. The molecule has 0 saturated heterocycles. The minimum atomic E-state index is 0.223. The van der Waals surface area contributed by atoms with Crippen molar-refractivity contribution in [2.45, 2.75) is 57.1 Å². The van der Waals surface area contributed by atoms with Gasteiger partial charge in [0.2, 0.25) is 5.91 Å². The van der Waals surface area contributed by atoms with Gasteiger partial charge in [0.15, 0.2) is 0 Å². The lowest BCUT2D eigenvalue weighted by molar-refractivity contribution is -0.125. The van der Waals surface area contributed by atoms with Crippen molar-refractivity contribution in [3.05, 3.63) is 12.2 Å². The summed E-state index contributed by atoms with van der Waals surface area (Å²) in [5, 5.41) is 3.08. The van der Waals surface area contributed by atoms with Crippen LogP contribution in [-0.4, -0.2) is 31.2 Å². The Balaban J connectivity index is 1.25. The Bertz CT molecular complexity index is 388. The lowest BCUT2D eigenvalue weighted by atomic mass is 9.93. The number of nitrogens with two attached hydrogens (primary N) is 1. The Morgan fingerprint density at radius 2 is 2.00 bits per heavy atom. The van der Waals surface area contributed by atoms with Gasteiger partial charge in [-0.25, -0.2) is 0 Å². The number of rotatable bonds is 6. The molecule has 0 aliphatic heterocycles. The summed E-state index contributed by atoms with van der Waals surface area (Å²) < 4.78 is 5.87. The first-order valence-corrected chi connectivity index (χ1v) is 8.55. The Kier molecular flexibility index (Phi) is 4.96. The minimum Gasteiger partial charge on any atom is -0.378 e. The summed E-state index contributed by atoms with van der Waals surface area (Å²) in [6.07, 6.45) is 12.4. The Labute approximate surface area is 127 Å². The zero-order chi connectivity index (χ0) is 14.7. The van der Waals surface area contributed by atoms with Gasteiger partial charge in [-0.1, -0.05) is 12.2 Å². The zero-order valence-corrected chi connectivity index (χ0v) is 12.8. The van der Waals surface area contributed by atoms with Crippen molar-refractivity contribution in [2.75, 3.05) is 13.2 Å². The standard InChI is InChI=1S/C17H28N2O2/c18-14-4-6-15(7-5-14)21-9-1-8-19-17(20)16-11-12-2-3-13(16)10-12/h2-3,12-16H,1,4-11,18H2,(H,19,20). The molecule has 118 valence electrons. The highest BCUT2D eigenvalue weighted by molar-refractivity contribution is 5.79. The van der Waals surface area contributed by atoms with Crippen molar-refractivity contribution >= 4 is 5.91 Å². The van der Waals surface area contributed by atoms with E-state index in [9.17, 15) is 4.79 Å². The second-order valence-electron chi connectivity index (χ2n) is 6.94. The van der Waals surface area contributed by atoms with Crippen molar-refractivity contribution in [1.82, 2.24) is 5.32 Å². The third-order valence-electron chi connectivity index (χ3n) is 5.31. The van der Waals surface area contributed by atoms with E-state index in [0.717, 1.165) is 51.7 Å². The molecular formula is C17H28N2O2. The summed E-state index contributed by atoms with van der Waals surface area (Å²) in [5.74, 6) is 1.63. The van der Waals surface area contributed by atoms with Gasteiger partial charge >= 0.3 is 0 Å². The summed E-state index contributed by atoms with van der Waals surface area (Å²) in [5.41, 5.74) is 5.88. The van der Waals surface area contributed by atoms with Crippen LogP contribution in [0.25, 0.3) is 0 Å². The van der Waals surface area contributed by atoms with Crippen molar-refractivity contribution in [2.24, 2.45) is 23.5 Å². The second-order valence-corrected chi connectivity index (χ2v) is 6.94. The SMILES string of the molecule is NC1CCC(OCCCNC(=O)C2CC3C=CC2C3)CC1. The molecule has 0 heterocycles. The summed E-state index contributed by atoms with van der Waals surface area (Å²) in [4.78, 5) is 12.1.